The highest BCUT2D eigenvalue weighted by atomic mass is 16.6. The summed E-state index contributed by atoms with van der Waals surface area (Å²) in [6.45, 7) is 12.2. The normalized spacial score (nSPS) is 11.8. The summed E-state index contributed by atoms with van der Waals surface area (Å²) in [6.07, 6.45) is 1.60. The predicted molar refractivity (Wildman–Crippen MR) is 156 cm³/mol. The quantitative estimate of drug-likeness (QED) is 0.295. The Bertz CT molecular complexity index is 1500. The fraction of sp³-hybridized carbons (Fsp3) is 0.367. The molecule has 0 spiro atoms. The first-order chi connectivity index (χ1) is 18.8. The number of alkyl carbamates (subject to hydrolysis) is 1. The maximum absolute atomic E-state index is 13.0. The molecule has 0 bridgehead atoms. The van der Waals surface area contributed by atoms with Crippen LogP contribution in [-0.4, -0.2) is 50.4 Å². The third-order valence-electron chi connectivity index (χ3n) is 6.37. The Hall–Kier alpha value is -4.47. The lowest BCUT2D eigenvalue weighted by Crippen LogP contribution is -2.41. The molecule has 0 aliphatic rings. The Balaban J connectivity index is 1.43. The van der Waals surface area contributed by atoms with Crippen LogP contribution in [0.2, 0.25) is 0 Å². The van der Waals surface area contributed by atoms with Crippen LogP contribution in [0.5, 0.6) is 0 Å². The molecule has 2 aromatic heterocycles. The molecule has 10 nitrogen and oxygen atoms in total. The molecule has 2 aromatic carbocycles. The standard InChI is InChI=1S/C30H37N7O3/c1-19-7-11-21(12-8-19)24-23-25(31)34-18-35-26(23)37(36-24)30(5,6)17-33-27(38)22-13-9-20(10-14-22)15-16-32-28(39)40-29(2,3)4/h7-14,18H,15-17H2,1-6H3,(H,32,39)(H,33,38)(H2,31,34,35). The van der Waals surface area contributed by atoms with Gasteiger partial charge in [-0.1, -0.05) is 42.0 Å². The van der Waals surface area contributed by atoms with Gasteiger partial charge < -0.3 is 21.1 Å². The average molecular weight is 544 g/mol. The van der Waals surface area contributed by atoms with Gasteiger partial charge in [0.1, 0.15) is 23.4 Å². The van der Waals surface area contributed by atoms with Gasteiger partial charge in [-0.25, -0.2) is 19.4 Å². The number of nitrogens with two attached hydrogens (primary N) is 1. The number of benzene rings is 2. The third-order valence-corrected chi connectivity index (χ3v) is 6.37. The first-order valence-electron chi connectivity index (χ1n) is 13.2. The Labute approximate surface area is 234 Å². The van der Waals surface area contributed by atoms with Gasteiger partial charge >= 0.3 is 6.09 Å². The molecule has 10 heteroatoms. The number of hydrogen-bond acceptors (Lipinski definition) is 7. The smallest absolute Gasteiger partial charge is 0.407 e. The van der Waals surface area contributed by atoms with Gasteiger partial charge in [-0.3, -0.25) is 4.79 Å². The Morgan fingerprint density at radius 3 is 2.27 bits per heavy atom. The molecule has 40 heavy (non-hydrogen) atoms. The molecule has 2 heterocycles. The van der Waals surface area contributed by atoms with E-state index in [-0.39, 0.29) is 5.91 Å². The minimum absolute atomic E-state index is 0.198. The molecule has 4 N–H and O–H groups in total. The first kappa shape index (κ1) is 28.5. The fourth-order valence-electron chi connectivity index (χ4n) is 4.23. The van der Waals surface area contributed by atoms with Gasteiger partial charge in [0, 0.05) is 24.2 Å². The molecule has 0 aliphatic heterocycles. The molecule has 4 rings (SSSR count). The maximum Gasteiger partial charge on any atom is 0.407 e. The van der Waals surface area contributed by atoms with E-state index in [2.05, 4.69) is 20.6 Å². The van der Waals surface area contributed by atoms with Crippen molar-refractivity contribution in [3.8, 4) is 11.3 Å². The van der Waals surface area contributed by atoms with Gasteiger partial charge in [0.25, 0.3) is 5.91 Å². The highest BCUT2D eigenvalue weighted by Gasteiger charge is 2.28. The molecule has 0 saturated carbocycles. The van der Waals surface area contributed by atoms with E-state index in [0.717, 1.165) is 16.7 Å². The lowest BCUT2D eigenvalue weighted by molar-refractivity contribution is 0.0528. The lowest BCUT2D eigenvalue weighted by Gasteiger charge is -2.26. The molecule has 2 amide bonds. The third kappa shape index (κ3) is 6.74. The van der Waals surface area contributed by atoms with Crippen LogP contribution in [0.4, 0.5) is 10.6 Å². The number of aromatic nitrogens is 4. The summed E-state index contributed by atoms with van der Waals surface area (Å²) in [5.74, 6) is 0.156. The van der Waals surface area contributed by atoms with Gasteiger partial charge in [-0.05, 0) is 65.7 Å². The number of nitrogens with one attached hydrogen (secondary N) is 2. The second-order valence-electron chi connectivity index (χ2n) is 11.5. The van der Waals surface area contributed by atoms with Crippen LogP contribution in [0.3, 0.4) is 0 Å². The monoisotopic (exact) mass is 543 g/mol. The number of carbonyl (C=O) groups is 2. The van der Waals surface area contributed by atoms with Gasteiger partial charge in [-0.2, -0.15) is 5.10 Å². The second kappa shape index (κ2) is 11.3. The van der Waals surface area contributed by atoms with E-state index in [1.54, 1.807) is 16.8 Å². The number of carbonyl (C=O) groups excluding carboxylic acids is 2. The van der Waals surface area contributed by atoms with Crippen LogP contribution in [-0.2, 0) is 16.7 Å². The molecular formula is C30H37N7O3. The number of amides is 2. The van der Waals surface area contributed by atoms with E-state index >= 15 is 0 Å². The van der Waals surface area contributed by atoms with Gasteiger partial charge in [-0.15, -0.1) is 0 Å². The summed E-state index contributed by atoms with van der Waals surface area (Å²) in [6, 6.07) is 15.4. The zero-order valence-corrected chi connectivity index (χ0v) is 23.9. The molecule has 0 unspecified atom stereocenters. The molecule has 0 saturated heterocycles. The van der Waals surface area contributed by atoms with Crippen LogP contribution in [0.1, 0.15) is 56.1 Å². The zero-order chi connectivity index (χ0) is 29.1. The number of aryl methyl sites for hydroxylation is 1. The van der Waals surface area contributed by atoms with E-state index in [0.29, 0.717) is 47.6 Å². The fourth-order valence-corrected chi connectivity index (χ4v) is 4.23. The van der Waals surface area contributed by atoms with E-state index in [1.807, 2.05) is 77.9 Å². The molecule has 4 aromatic rings. The zero-order valence-electron chi connectivity index (χ0n) is 23.9. The minimum Gasteiger partial charge on any atom is -0.444 e. The number of ether oxygens (including phenoxy) is 1. The number of hydrogen-bond donors (Lipinski definition) is 3. The number of rotatable bonds is 8. The van der Waals surface area contributed by atoms with Crippen molar-refractivity contribution in [1.82, 2.24) is 30.4 Å². The van der Waals surface area contributed by atoms with Crippen LogP contribution >= 0.6 is 0 Å². The summed E-state index contributed by atoms with van der Waals surface area (Å²) in [4.78, 5) is 33.5. The number of fused-ring (bicyclic) bond motifs is 1. The van der Waals surface area contributed by atoms with Crippen molar-refractivity contribution in [3.05, 3.63) is 71.5 Å². The summed E-state index contributed by atoms with van der Waals surface area (Å²) < 4.78 is 7.05. The maximum atomic E-state index is 13.0. The Morgan fingerprint density at radius 1 is 0.950 bits per heavy atom. The van der Waals surface area contributed by atoms with Crippen LogP contribution in [0, 0.1) is 6.92 Å². The molecule has 210 valence electrons. The van der Waals surface area contributed by atoms with Crippen molar-refractivity contribution in [1.29, 1.82) is 0 Å². The summed E-state index contributed by atoms with van der Waals surface area (Å²) in [5, 5.41) is 11.3. The summed E-state index contributed by atoms with van der Waals surface area (Å²) >= 11 is 0. The highest BCUT2D eigenvalue weighted by molar-refractivity contribution is 5.98. The van der Waals surface area contributed by atoms with Crippen molar-refractivity contribution < 1.29 is 14.3 Å². The number of anilines is 1. The van der Waals surface area contributed by atoms with Gasteiger partial charge in [0.2, 0.25) is 0 Å². The molecule has 0 fully saturated rings. The average Bonchev–Trinajstić information content (AvgIpc) is 3.29. The van der Waals surface area contributed by atoms with Gasteiger partial charge in [0.05, 0.1) is 10.9 Å². The number of nitrogens with zero attached hydrogens (tertiary/aromatic N) is 4. The largest absolute Gasteiger partial charge is 0.444 e. The SMILES string of the molecule is Cc1ccc(-c2nn(C(C)(C)CNC(=O)c3ccc(CCNC(=O)OC(C)(C)C)cc3)c3ncnc(N)c23)cc1. The van der Waals surface area contributed by atoms with E-state index in [1.165, 1.54) is 6.33 Å². The van der Waals surface area contributed by atoms with Crippen LogP contribution in [0.15, 0.2) is 54.9 Å². The molecule has 0 aliphatic carbocycles. The summed E-state index contributed by atoms with van der Waals surface area (Å²) in [5.41, 5.74) is 10.00. The number of nitrogen functional groups attached to an aromatic ring is 1. The minimum atomic E-state index is -0.620. The van der Waals surface area contributed by atoms with E-state index < -0.39 is 17.2 Å². The van der Waals surface area contributed by atoms with Crippen molar-refractivity contribution in [2.45, 2.75) is 59.1 Å². The van der Waals surface area contributed by atoms with Gasteiger partial charge in [0.15, 0.2) is 5.65 Å². The van der Waals surface area contributed by atoms with Crippen LogP contribution < -0.4 is 16.4 Å². The Morgan fingerprint density at radius 2 is 1.62 bits per heavy atom. The Kier molecular flexibility index (Phi) is 8.08. The molecule has 0 radical (unpaired) electrons. The van der Waals surface area contributed by atoms with Crippen molar-refractivity contribution in [2.75, 3.05) is 18.8 Å². The lowest BCUT2D eigenvalue weighted by atomic mass is 10.0. The molecular weight excluding hydrogens is 506 g/mol. The van der Waals surface area contributed by atoms with Crippen molar-refractivity contribution in [3.63, 3.8) is 0 Å². The summed E-state index contributed by atoms with van der Waals surface area (Å²) in [7, 11) is 0. The van der Waals surface area contributed by atoms with E-state index in [4.69, 9.17) is 15.6 Å². The second-order valence-corrected chi connectivity index (χ2v) is 11.5. The predicted octanol–water partition coefficient (Wildman–Crippen LogP) is 4.62. The topological polar surface area (TPSA) is 137 Å². The highest BCUT2D eigenvalue weighted by Crippen LogP contribution is 2.33. The van der Waals surface area contributed by atoms with E-state index in [9.17, 15) is 9.59 Å². The van der Waals surface area contributed by atoms with Crippen molar-refractivity contribution >= 4 is 28.9 Å². The first-order valence-corrected chi connectivity index (χ1v) is 13.2. The molecule has 0 atom stereocenters. The van der Waals surface area contributed by atoms with Crippen LogP contribution in [0.25, 0.3) is 22.3 Å². The van der Waals surface area contributed by atoms with Crippen molar-refractivity contribution in [2.24, 2.45) is 0 Å².